The SMILES string of the molecule is C=CN=C(C/C=C/c1nc(C2CCOCC2)oc1Sc1ccc(Cl)cc1)N1CCN(C)CC1. The summed E-state index contributed by atoms with van der Waals surface area (Å²) in [6, 6.07) is 7.78. The first-order valence-corrected chi connectivity index (χ1v) is 12.6. The average Bonchev–Trinajstić information content (AvgIpc) is 3.24. The van der Waals surface area contributed by atoms with Crippen molar-refractivity contribution < 1.29 is 9.15 Å². The van der Waals surface area contributed by atoms with E-state index in [1.807, 2.05) is 24.3 Å². The highest BCUT2D eigenvalue weighted by atomic mass is 35.5. The van der Waals surface area contributed by atoms with Crippen LogP contribution in [0.2, 0.25) is 5.02 Å². The van der Waals surface area contributed by atoms with E-state index in [1.165, 1.54) is 0 Å². The van der Waals surface area contributed by atoms with Crippen molar-refractivity contribution in [3.8, 4) is 0 Å². The number of aromatic nitrogens is 1. The minimum atomic E-state index is 0.300. The van der Waals surface area contributed by atoms with E-state index in [4.69, 9.17) is 25.7 Å². The van der Waals surface area contributed by atoms with Gasteiger partial charge < -0.3 is 19.0 Å². The smallest absolute Gasteiger partial charge is 0.199 e. The van der Waals surface area contributed by atoms with Crippen molar-refractivity contribution >= 4 is 35.3 Å². The first-order chi connectivity index (χ1) is 16.1. The molecular formula is C25H31ClN4O2S. The maximum atomic E-state index is 6.27. The van der Waals surface area contributed by atoms with Gasteiger partial charge in [0.05, 0.1) is 0 Å². The number of halogens is 1. The van der Waals surface area contributed by atoms with Crippen LogP contribution in [0.3, 0.4) is 0 Å². The molecule has 4 rings (SSSR count). The number of hydrogen-bond acceptors (Lipinski definition) is 6. The minimum Gasteiger partial charge on any atom is -0.433 e. The maximum absolute atomic E-state index is 6.27. The molecular weight excluding hydrogens is 456 g/mol. The molecule has 1 aromatic heterocycles. The molecule has 0 radical (unpaired) electrons. The van der Waals surface area contributed by atoms with Crippen molar-refractivity contribution in [3.05, 3.63) is 59.7 Å². The van der Waals surface area contributed by atoms with Crippen LogP contribution in [-0.2, 0) is 4.74 Å². The fourth-order valence-corrected chi connectivity index (χ4v) is 4.91. The third kappa shape index (κ3) is 6.73. The molecule has 0 atom stereocenters. The van der Waals surface area contributed by atoms with Gasteiger partial charge in [-0.3, -0.25) is 0 Å². The lowest BCUT2D eigenvalue weighted by Crippen LogP contribution is -2.47. The quantitative estimate of drug-likeness (QED) is 0.377. The molecule has 2 aliphatic heterocycles. The Balaban J connectivity index is 1.51. The van der Waals surface area contributed by atoms with Gasteiger partial charge in [-0.25, -0.2) is 9.98 Å². The molecule has 176 valence electrons. The summed E-state index contributed by atoms with van der Waals surface area (Å²) >= 11 is 7.63. The monoisotopic (exact) mass is 486 g/mol. The van der Waals surface area contributed by atoms with Gasteiger partial charge in [-0.2, -0.15) is 0 Å². The molecule has 0 amide bonds. The Bertz CT molecular complexity index is 975. The van der Waals surface area contributed by atoms with Crippen LogP contribution in [0.1, 0.15) is 36.8 Å². The topological polar surface area (TPSA) is 54.1 Å². The lowest BCUT2D eigenvalue weighted by atomic mass is 10.0. The second-order valence-corrected chi connectivity index (χ2v) is 9.77. The summed E-state index contributed by atoms with van der Waals surface area (Å²) in [5, 5.41) is 1.52. The minimum absolute atomic E-state index is 0.300. The lowest BCUT2D eigenvalue weighted by Gasteiger charge is -2.34. The summed E-state index contributed by atoms with van der Waals surface area (Å²) in [5.74, 6) is 2.14. The van der Waals surface area contributed by atoms with E-state index < -0.39 is 0 Å². The number of amidine groups is 1. The maximum Gasteiger partial charge on any atom is 0.199 e. The number of nitrogens with zero attached hydrogens (tertiary/aromatic N) is 4. The van der Waals surface area contributed by atoms with Crippen LogP contribution in [0, 0.1) is 0 Å². The average molecular weight is 487 g/mol. The van der Waals surface area contributed by atoms with Gasteiger partial charge in [0.15, 0.2) is 11.0 Å². The van der Waals surface area contributed by atoms with E-state index >= 15 is 0 Å². The van der Waals surface area contributed by atoms with Crippen molar-refractivity contribution in [1.29, 1.82) is 0 Å². The van der Waals surface area contributed by atoms with Gasteiger partial charge in [0.25, 0.3) is 0 Å². The summed E-state index contributed by atoms with van der Waals surface area (Å²) in [5.41, 5.74) is 0.854. The highest BCUT2D eigenvalue weighted by molar-refractivity contribution is 7.99. The molecule has 3 heterocycles. The summed E-state index contributed by atoms with van der Waals surface area (Å²) in [6.45, 7) is 9.35. The molecule has 0 aliphatic carbocycles. The van der Waals surface area contributed by atoms with Gasteiger partial charge in [0, 0.05) is 67.8 Å². The van der Waals surface area contributed by atoms with Gasteiger partial charge in [-0.15, -0.1) is 0 Å². The van der Waals surface area contributed by atoms with Crippen LogP contribution < -0.4 is 0 Å². The molecule has 2 aliphatic rings. The van der Waals surface area contributed by atoms with Crippen LogP contribution in [0.5, 0.6) is 0 Å². The Hall–Kier alpha value is -2.06. The van der Waals surface area contributed by atoms with Gasteiger partial charge in [-0.05, 0) is 62.0 Å². The lowest BCUT2D eigenvalue weighted by molar-refractivity contribution is 0.0786. The summed E-state index contributed by atoms with van der Waals surface area (Å²) in [4.78, 5) is 15.2. The Morgan fingerprint density at radius 2 is 1.94 bits per heavy atom. The van der Waals surface area contributed by atoms with Crippen LogP contribution in [0.15, 0.2) is 62.5 Å². The number of benzene rings is 1. The summed E-state index contributed by atoms with van der Waals surface area (Å²) < 4.78 is 11.8. The third-order valence-electron chi connectivity index (χ3n) is 5.92. The van der Waals surface area contributed by atoms with Gasteiger partial charge in [-0.1, -0.05) is 24.3 Å². The Morgan fingerprint density at radius 3 is 2.64 bits per heavy atom. The number of likely N-dealkylation sites (N-methyl/N-ethyl adjacent to an activating group) is 1. The number of hydrogen-bond donors (Lipinski definition) is 0. The van der Waals surface area contributed by atoms with Gasteiger partial charge in [0.2, 0.25) is 0 Å². The summed E-state index contributed by atoms with van der Waals surface area (Å²) in [6.07, 6.45) is 8.41. The molecule has 2 fully saturated rings. The first kappa shape index (κ1) is 24.1. The van der Waals surface area contributed by atoms with Crippen LogP contribution >= 0.6 is 23.4 Å². The number of ether oxygens (including phenoxy) is 1. The van der Waals surface area contributed by atoms with Crippen molar-refractivity contribution in [2.75, 3.05) is 46.4 Å². The molecule has 2 aromatic rings. The molecule has 33 heavy (non-hydrogen) atoms. The van der Waals surface area contributed by atoms with E-state index in [0.717, 1.165) is 91.1 Å². The van der Waals surface area contributed by atoms with Crippen molar-refractivity contribution in [1.82, 2.24) is 14.8 Å². The Kier molecular flexibility index (Phi) is 8.67. The molecule has 2 saturated heterocycles. The number of oxazole rings is 1. The first-order valence-electron chi connectivity index (χ1n) is 11.4. The summed E-state index contributed by atoms with van der Waals surface area (Å²) in [7, 11) is 2.15. The fraction of sp³-hybridized carbons (Fsp3) is 0.440. The molecule has 8 heteroatoms. The van der Waals surface area contributed by atoms with Gasteiger partial charge >= 0.3 is 0 Å². The highest BCUT2D eigenvalue weighted by Crippen LogP contribution is 2.36. The fourth-order valence-electron chi connectivity index (χ4n) is 3.95. The predicted molar refractivity (Wildman–Crippen MR) is 135 cm³/mol. The molecule has 0 N–H and O–H groups in total. The van der Waals surface area contributed by atoms with Crippen LogP contribution in [0.4, 0.5) is 0 Å². The Morgan fingerprint density at radius 1 is 1.21 bits per heavy atom. The number of piperazine rings is 1. The second kappa shape index (κ2) is 11.9. The van der Waals surface area contributed by atoms with Crippen molar-refractivity contribution in [3.63, 3.8) is 0 Å². The normalized spacial score (nSPS) is 18.8. The second-order valence-electron chi connectivity index (χ2n) is 8.29. The van der Waals surface area contributed by atoms with E-state index in [1.54, 1.807) is 18.0 Å². The molecule has 0 bridgehead atoms. The number of rotatable bonds is 7. The van der Waals surface area contributed by atoms with Gasteiger partial charge in [0.1, 0.15) is 11.5 Å². The molecule has 0 spiro atoms. The van der Waals surface area contributed by atoms with Crippen molar-refractivity contribution in [2.45, 2.75) is 35.2 Å². The third-order valence-corrected chi connectivity index (χ3v) is 7.15. The van der Waals surface area contributed by atoms with Crippen LogP contribution in [0.25, 0.3) is 6.08 Å². The molecule has 0 unspecified atom stereocenters. The largest absolute Gasteiger partial charge is 0.433 e. The Labute approximate surface area is 205 Å². The zero-order chi connectivity index (χ0) is 23.0. The molecule has 1 aromatic carbocycles. The van der Waals surface area contributed by atoms with E-state index in [2.05, 4.69) is 40.6 Å². The van der Waals surface area contributed by atoms with Crippen molar-refractivity contribution in [2.24, 2.45) is 4.99 Å². The standard InChI is InChI=1S/C25H31ClN4O2S/c1-3-27-23(30-15-13-29(2)14-16-30)6-4-5-22-25(33-21-9-7-20(26)8-10-21)32-24(28-22)19-11-17-31-18-12-19/h3-5,7-10,19H,1,6,11-18H2,2H3/b5-4+,27-23?. The predicted octanol–water partition coefficient (Wildman–Crippen LogP) is 5.57. The zero-order valence-corrected chi connectivity index (χ0v) is 20.7. The van der Waals surface area contributed by atoms with E-state index in [9.17, 15) is 0 Å². The highest BCUT2D eigenvalue weighted by Gasteiger charge is 2.23. The van der Waals surface area contributed by atoms with Crippen LogP contribution in [-0.4, -0.2) is 67.1 Å². The zero-order valence-electron chi connectivity index (χ0n) is 19.1. The molecule has 0 saturated carbocycles. The van der Waals surface area contributed by atoms with E-state index in [0.29, 0.717) is 5.92 Å². The molecule has 6 nitrogen and oxygen atoms in total. The van der Waals surface area contributed by atoms with E-state index in [-0.39, 0.29) is 0 Å². The number of aliphatic imine (C=N–C) groups is 1.